The van der Waals surface area contributed by atoms with Crippen LogP contribution in [-0.4, -0.2) is 0 Å². The van der Waals surface area contributed by atoms with E-state index in [-0.39, 0.29) is 0 Å². The minimum Gasteiger partial charge on any atom is -0.100 e. The topological polar surface area (TPSA) is 0 Å². The fraction of sp³-hybridized carbons (Fsp3) is 0.592. The van der Waals surface area contributed by atoms with Crippen LogP contribution >= 0.6 is 0 Å². The van der Waals surface area contributed by atoms with Crippen molar-refractivity contribution in [1.29, 1.82) is 0 Å². The maximum atomic E-state index is 3.86. The van der Waals surface area contributed by atoms with Gasteiger partial charge in [-0.1, -0.05) is 194 Å². The SMILES string of the molecule is C=C(C)CCC(C)(C)C.CC.CC.CC.Cc1cc(CC(C)(C)C(C)C)cc(C(C)c2ccc(C)c(CC(C)C)c2)c1.Cc1ccccc1. The maximum Gasteiger partial charge on any atom is 0.00613 e. The van der Waals surface area contributed by atoms with Gasteiger partial charge in [-0.2, -0.15) is 0 Å². The molecule has 1 atom stereocenters. The highest BCUT2D eigenvalue weighted by molar-refractivity contribution is 5.41. The van der Waals surface area contributed by atoms with Gasteiger partial charge in [0.05, 0.1) is 0 Å². The van der Waals surface area contributed by atoms with E-state index in [1.165, 1.54) is 57.4 Å². The van der Waals surface area contributed by atoms with Gasteiger partial charge in [-0.3, -0.25) is 0 Å². The van der Waals surface area contributed by atoms with E-state index in [9.17, 15) is 0 Å². The molecule has 0 bridgehead atoms. The van der Waals surface area contributed by atoms with E-state index in [1.54, 1.807) is 0 Å². The van der Waals surface area contributed by atoms with Gasteiger partial charge in [0.25, 0.3) is 0 Å². The highest BCUT2D eigenvalue weighted by atomic mass is 14.3. The third-order valence-electron chi connectivity index (χ3n) is 8.63. The molecule has 0 heteroatoms. The first-order chi connectivity index (χ1) is 22.8. The molecule has 3 aromatic rings. The molecule has 0 aliphatic heterocycles. The summed E-state index contributed by atoms with van der Waals surface area (Å²) in [4.78, 5) is 0. The molecule has 0 fully saturated rings. The zero-order chi connectivity index (χ0) is 39.0. The van der Waals surface area contributed by atoms with E-state index in [1.807, 2.05) is 59.7 Å². The first kappa shape index (κ1) is 50.8. The summed E-state index contributed by atoms with van der Waals surface area (Å²) >= 11 is 0. The molecule has 0 heterocycles. The van der Waals surface area contributed by atoms with Gasteiger partial charge < -0.3 is 0 Å². The van der Waals surface area contributed by atoms with Gasteiger partial charge >= 0.3 is 0 Å². The smallest absolute Gasteiger partial charge is 0.00613 e. The van der Waals surface area contributed by atoms with Crippen molar-refractivity contribution < 1.29 is 0 Å². The van der Waals surface area contributed by atoms with Crippen molar-refractivity contribution >= 4 is 0 Å². The molecule has 280 valence electrons. The summed E-state index contributed by atoms with van der Waals surface area (Å²) in [5, 5.41) is 0. The molecule has 0 aromatic heterocycles. The molecule has 1 unspecified atom stereocenters. The van der Waals surface area contributed by atoms with Crippen molar-refractivity contribution in [1.82, 2.24) is 0 Å². The van der Waals surface area contributed by atoms with E-state index < -0.39 is 0 Å². The summed E-state index contributed by atoms with van der Waals surface area (Å²) in [6.45, 7) is 47.7. The normalized spacial score (nSPS) is 11.1. The number of rotatable bonds is 9. The second kappa shape index (κ2) is 27.2. The number of benzene rings is 3. The summed E-state index contributed by atoms with van der Waals surface area (Å²) in [7, 11) is 0. The van der Waals surface area contributed by atoms with Gasteiger partial charge in [-0.25, -0.2) is 0 Å². The van der Waals surface area contributed by atoms with Crippen molar-refractivity contribution in [3.63, 3.8) is 0 Å². The second-order valence-corrected chi connectivity index (χ2v) is 15.8. The fourth-order valence-corrected chi connectivity index (χ4v) is 4.91. The lowest BCUT2D eigenvalue weighted by Crippen LogP contribution is -2.22. The number of hydrogen-bond donors (Lipinski definition) is 0. The number of allylic oxidation sites excluding steroid dienone is 1. The third-order valence-corrected chi connectivity index (χ3v) is 8.63. The van der Waals surface area contributed by atoms with Gasteiger partial charge in [0.2, 0.25) is 0 Å². The lowest BCUT2D eigenvalue weighted by molar-refractivity contribution is 0.248. The van der Waals surface area contributed by atoms with Crippen LogP contribution in [0.5, 0.6) is 0 Å². The molecule has 0 aliphatic rings. The number of aryl methyl sites for hydroxylation is 3. The Hall–Kier alpha value is -2.60. The monoisotopic (exact) mass is 673 g/mol. The lowest BCUT2D eigenvalue weighted by Gasteiger charge is -2.30. The molecule has 3 aromatic carbocycles. The van der Waals surface area contributed by atoms with Crippen molar-refractivity contribution in [3.8, 4) is 0 Å². The molecular weight excluding hydrogens is 589 g/mol. The van der Waals surface area contributed by atoms with Gasteiger partial charge in [0, 0.05) is 5.92 Å². The predicted octanol–water partition coefficient (Wildman–Crippen LogP) is 16.3. The number of hydrogen-bond acceptors (Lipinski definition) is 0. The molecule has 0 N–H and O–H groups in total. The summed E-state index contributed by atoms with van der Waals surface area (Å²) < 4.78 is 0. The van der Waals surface area contributed by atoms with Crippen LogP contribution in [0.25, 0.3) is 0 Å². The summed E-state index contributed by atoms with van der Waals surface area (Å²) in [6, 6.07) is 24.5. The Kier molecular flexibility index (Phi) is 28.1. The molecule has 49 heavy (non-hydrogen) atoms. The van der Waals surface area contributed by atoms with Gasteiger partial charge in [-0.15, -0.1) is 6.58 Å². The molecule has 0 saturated heterocycles. The molecule has 0 radical (unpaired) electrons. The second-order valence-electron chi connectivity index (χ2n) is 15.8. The van der Waals surface area contributed by atoms with Crippen molar-refractivity contribution in [3.05, 3.63) is 118 Å². The molecule has 0 saturated carbocycles. The Morgan fingerprint density at radius 3 is 1.57 bits per heavy atom. The minimum absolute atomic E-state index is 0.322. The van der Waals surface area contributed by atoms with Crippen LogP contribution in [0.3, 0.4) is 0 Å². The summed E-state index contributed by atoms with van der Waals surface area (Å²) in [5.74, 6) is 1.80. The average Bonchev–Trinajstić information content (AvgIpc) is 3.03. The van der Waals surface area contributed by atoms with Crippen LogP contribution in [0.15, 0.2) is 78.9 Å². The zero-order valence-corrected chi connectivity index (χ0v) is 36.6. The van der Waals surface area contributed by atoms with Crippen LogP contribution in [0, 0.1) is 43.4 Å². The van der Waals surface area contributed by atoms with Gasteiger partial charge in [0.1, 0.15) is 0 Å². The van der Waals surface area contributed by atoms with Crippen LogP contribution < -0.4 is 0 Å². The Balaban J connectivity index is -0.000000783. The third kappa shape index (κ3) is 24.2. The zero-order valence-electron chi connectivity index (χ0n) is 36.6. The van der Waals surface area contributed by atoms with Crippen molar-refractivity contribution in [2.24, 2.45) is 22.7 Å². The van der Waals surface area contributed by atoms with Crippen LogP contribution in [0.2, 0.25) is 0 Å². The molecule has 3 rings (SSSR count). The van der Waals surface area contributed by atoms with Crippen LogP contribution in [0.4, 0.5) is 0 Å². The van der Waals surface area contributed by atoms with Crippen LogP contribution in [0.1, 0.15) is 175 Å². The summed E-state index contributed by atoms with van der Waals surface area (Å²) in [5.41, 5.74) is 12.1. The lowest BCUT2D eigenvalue weighted by atomic mass is 9.75. The molecule has 0 amide bonds. The summed E-state index contributed by atoms with van der Waals surface area (Å²) in [6.07, 6.45) is 4.72. The Morgan fingerprint density at radius 1 is 0.653 bits per heavy atom. The highest BCUT2D eigenvalue weighted by Gasteiger charge is 2.23. The maximum absolute atomic E-state index is 3.86. The van der Waals surface area contributed by atoms with Crippen LogP contribution in [-0.2, 0) is 12.8 Å². The van der Waals surface area contributed by atoms with Crippen molar-refractivity contribution in [2.45, 2.75) is 170 Å². The highest BCUT2D eigenvalue weighted by Crippen LogP contribution is 2.33. The van der Waals surface area contributed by atoms with E-state index in [0.29, 0.717) is 28.6 Å². The average molecular weight is 673 g/mol. The van der Waals surface area contributed by atoms with E-state index >= 15 is 0 Å². The molecule has 0 aliphatic carbocycles. The Morgan fingerprint density at radius 2 is 1.18 bits per heavy atom. The van der Waals surface area contributed by atoms with Gasteiger partial charge in [-0.05, 0) is 104 Å². The minimum atomic E-state index is 0.322. The quantitative estimate of drug-likeness (QED) is 0.198. The largest absolute Gasteiger partial charge is 0.100 e. The molecular formula is C49H84. The Bertz CT molecular complexity index is 1230. The Labute approximate surface area is 309 Å². The van der Waals surface area contributed by atoms with E-state index in [2.05, 4.69) is 152 Å². The molecule has 0 nitrogen and oxygen atoms in total. The molecule has 0 spiro atoms. The first-order valence-electron chi connectivity index (χ1n) is 19.7. The first-order valence-corrected chi connectivity index (χ1v) is 19.7. The predicted molar refractivity (Wildman–Crippen MR) is 229 cm³/mol. The standard InChI is InChI=1S/C27H40.C9H18.C7H8.3C2H6/c1-18(2)12-25-16-24(11-10-21(25)6)22(7)26-14-20(5)13-23(15-26)17-27(8,9)19(3)4;1-8(2)6-7-9(3,4)5;1-7-5-3-2-4-6-7;3*1-2/h10-11,13-16,18-19,22H,12,17H2,1-9H3;1,6-7H2,2-5H3;2-6H,1H3;3*1-2H3. The van der Waals surface area contributed by atoms with Crippen molar-refractivity contribution in [2.75, 3.05) is 0 Å². The van der Waals surface area contributed by atoms with E-state index in [0.717, 1.165) is 12.8 Å². The van der Waals surface area contributed by atoms with E-state index in [4.69, 9.17) is 0 Å². The fourth-order valence-electron chi connectivity index (χ4n) is 4.91. The van der Waals surface area contributed by atoms with Gasteiger partial charge in [0.15, 0.2) is 0 Å².